The Kier molecular flexibility index (Phi) is 7.70. The molecule has 0 N–H and O–H groups in total. The SMILES string of the molecule is CC(COC1(C(C)C)CCCC(C)C1)CC(C)OC(C)C. The summed E-state index contributed by atoms with van der Waals surface area (Å²) in [5, 5.41) is 0. The van der Waals surface area contributed by atoms with E-state index in [1.54, 1.807) is 0 Å². The Balaban J connectivity index is 2.46. The van der Waals surface area contributed by atoms with Crippen LogP contribution in [0, 0.1) is 17.8 Å². The highest BCUT2D eigenvalue weighted by Gasteiger charge is 2.38. The Morgan fingerprint density at radius 1 is 1.10 bits per heavy atom. The zero-order valence-corrected chi connectivity index (χ0v) is 15.4. The molecule has 0 saturated heterocycles. The van der Waals surface area contributed by atoms with Gasteiger partial charge in [0.2, 0.25) is 0 Å². The number of rotatable bonds is 8. The first-order valence-electron chi connectivity index (χ1n) is 9.04. The van der Waals surface area contributed by atoms with Gasteiger partial charge < -0.3 is 9.47 Å². The van der Waals surface area contributed by atoms with Crippen LogP contribution in [0.3, 0.4) is 0 Å². The Bertz CT molecular complexity index is 287. The minimum absolute atomic E-state index is 0.119. The van der Waals surface area contributed by atoms with Crippen molar-refractivity contribution in [3.63, 3.8) is 0 Å². The summed E-state index contributed by atoms with van der Waals surface area (Å²) >= 11 is 0. The molecule has 1 rings (SSSR count). The maximum Gasteiger partial charge on any atom is 0.0708 e. The molecule has 0 heterocycles. The fraction of sp³-hybridized carbons (Fsp3) is 1.00. The molecule has 0 aromatic carbocycles. The third kappa shape index (κ3) is 6.28. The standard InChI is InChI=1S/C19H38O2/c1-14(2)19(10-8-9-16(5)12-19)20-13-17(6)11-18(7)21-15(3)4/h14-18H,8-13H2,1-7H3. The maximum absolute atomic E-state index is 6.51. The zero-order chi connectivity index (χ0) is 16.0. The molecule has 0 radical (unpaired) electrons. The van der Waals surface area contributed by atoms with Crippen LogP contribution >= 0.6 is 0 Å². The smallest absolute Gasteiger partial charge is 0.0708 e. The monoisotopic (exact) mass is 298 g/mol. The van der Waals surface area contributed by atoms with E-state index in [9.17, 15) is 0 Å². The van der Waals surface area contributed by atoms with Crippen molar-refractivity contribution in [3.05, 3.63) is 0 Å². The summed E-state index contributed by atoms with van der Waals surface area (Å²) in [7, 11) is 0. The summed E-state index contributed by atoms with van der Waals surface area (Å²) in [5.74, 6) is 1.98. The first-order valence-corrected chi connectivity index (χ1v) is 9.04. The summed E-state index contributed by atoms with van der Waals surface area (Å²) < 4.78 is 12.4. The molecule has 1 fully saturated rings. The van der Waals surface area contributed by atoms with E-state index in [1.807, 2.05) is 0 Å². The fourth-order valence-electron chi connectivity index (χ4n) is 3.83. The normalized spacial score (nSPS) is 29.9. The zero-order valence-electron chi connectivity index (χ0n) is 15.4. The van der Waals surface area contributed by atoms with E-state index in [2.05, 4.69) is 48.5 Å². The van der Waals surface area contributed by atoms with Crippen LogP contribution in [-0.4, -0.2) is 24.4 Å². The van der Waals surface area contributed by atoms with E-state index >= 15 is 0 Å². The van der Waals surface area contributed by atoms with Gasteiger partial charge in [0.25, 0.3) is 0 Å². The molecule has 4 unspecified atom stereocenters. The van der Waals surface area contributed by atoms with Crippen LogP contribution in [0.5, 0.6) is 0 Å². The minimum Gasteiger partial charge on any atom is -0.376 e. The van der Waals surface area contributed by atoms with E-state index in [-0.39, 0.29) is 5.60 Å². The second-order valence-electron chi connectivity index (χ2n) is 8.07. The highest BCUT2D eigenvalue weighted by atomic mass is 16.5. The van der Waals surface area contributed by atoms with Gasteiger partial charge in [-0.3, -0.25) is 0 Å². The highest BCUT2D eigenvalue weighted by molar-refractivity contribution is 4.90. The summed E-state index contributed by atoms with van der Waals surface area (Å²) in [6.45, 7) is 16.6. The quantitative estimate of drug-likeness (QED) is 0.593. The van der Waals surface area contributed by atoms with Gasteiger partial charge in [-0.05, 0) is 57.8 Å². The lowest BCUT2D eigenvalue weighted by Gasteiger charge is -2.44. The Hall–Kier alpha value is -0.0800. The van der Waals surface area contributed by atoms with Crippen molar-refractivity contribution in [1.29, 1.82) is 0 Å². The van der Waals surface area contributed by atoms with Gasteiger partial charge in [-0.1, -0.05) is 40.5 Å². The van der Waals surface area contributed by atoms with Crippen molar-refractivity contribution in [1.82, 2.24) is 0 Å². The van der Waals surface area contributed by atoms with Crippen molar-refractivity contribution >= 4 is 0 Å². The first-order chi connectivity index (χ1) is 9.75. The molecule has 1 aliphatic carbocycles. The molecule has 126 valence electrons. The van der Waals surface area contributed by atoms with Gasteiger partial charge in [-0.15, -0.1) is 0 Å². The molecule has 0 aromatic rings. The number of hydrogen-bond acceptors (Lipinski definition) is 2. The molecular weight excluding hydrogens is 260 g/mol. The van der Waals surface area contributed by atoms with Crippen molar-refractivity contribution in [3.8, 4) is 0 Å². The lowest BCUT2D eigenvalue weighted by Crippen LogP contribution is -2.43. The van der Waals surface area contributed by atoms with E-state index in [1.165, 1.54) is 25.7 Å². The average Bonchev–Trinajstić information content (AvgIpc) is 2.35. The third-order valence-electron chi connectivity index (χ3n) is 4.94. The van der Waals surface area contributed by atoms with E-state index in [0.717, 1.165) is 18.9 Å². The van der Waals surface area contributed by atoms with Crippen molar-refractivity contribution < 1.29 is 9.47 Å². The second kappa shape index (κ2) is 8.53. The molecule has 21 heavy (non-hydrogen) atoms. The molecule has 0 amide bonds. The molecular formula is C19H38O2. The Morgan fingerprint density at radius 3 is 2.29 bits per heavy atom. The lowest BCUT2D eigenvalue weighted by atomic mass is 9.73. The van der Waals surface area contributed by atoms with Gasteiger partial charge in [0, 0.05) is 6.61 Å². The molecule has 2 heteroatoms. The minimum atomic E-state index is 0.119. The van der Waals surface area contributed by atoms with E-state index in [4.69, 9.17) is 9.47 Å². The van der Waals surface area contributed by atoms with Crippen LogP contribution in [0.25, 0.3) is 0 Å². The Labute approximate surface area is 133 Å². The number of ether oxygens (including phenoxy) is 2. The predicted molar refractivity (Wildman–Crippen MR) is 90.6 cm³/mol. The highest BCUT2D eigenvalue weighted by Crippen LogP contribution is 2.40. The van der Waals surface area contributed by atoms with Crippen LogP contribution < -0.4 is 0 Å². The predicted octanol–water partition coefficient (Wildman–Crippen LogP) is 5.45. The van der Waals surface area contributed by atoms with Crippen LogP contribution in [0.15, 0.2) is 0 Å². The molecule has 4 atom stereocenters. The van der Waals surface area contributed by atoms with Gasteiger partial charge in [0.15, 0.2) is 0 Å². The van der Waals surface area contributed by atoms with Gasteiger partial charge in [0.05, 0.1) is 17.8 Å². The first kappa shape index (κ1) is 19.0. The van der Waals surface area contributed by atoms with E-state index < -0.39 is 0 Å². The molecule has 0 spiro atoms. The largest absolute Gasteiger partial charge is 0.376 e. The van der Waals surface area contributed by atoms with Gasteiger partial charge in [-0.2, -0.15) is 0 Å². The third-order valence-corrected chi connectivity index (χ3v) is 4.94. The summed E-state index contributed by atoms with van der Waals surface area (Å²) in [6.07, 6.45) is 6.88. The van der Waals surface area contributed by atoms with Crippen LogP contribution in [0.1, 0.15) is 80.6 Å². The molecule has 1 saturated carbocycles. The van der Waals surface area contributed by atoms with Crippen LogP contribution in [-0.2, 0) is 9.47 Å². The van der Waals surface area contributed by atoms with E-state index in [0.29, 0.717) is 24.0 Å². The van der Waals surface area contributed by atoms with Gasteiger partial charge >= 0.3 is 0 Å². The molecule has 2 nitrogen and oxygen atoms in total. The summed E-state index contributed by atoms with van der Waals surface area (Å²) in [5.41, 5.74) is 0.119. The Morgan fingerprint density at radius 2 is 1.76 bits per heavy atom. The lowest BCUT2D eigenvalue weighted by molar-refractivity contribution is -0.124. The molecule has 1 aliphatic rings. The van der Waals surface area contributed by atoms with Gasteiger partial charge in [0.1, 0.15) is 0 Å². The van der Waals surface area contributed by atoms with Gasteiger partial charge in [-0.25, -0.2) is 0 Å². The van der Waals surface area contributed by atoms with Crippen LogP contribution in [0.2, 0.25) is 0 Å². The van der Waals surface area contributed by atoms with Crippen LogP contribution in [0.4, 0.5) is 0 Å². The molecule has 0 bridgehead atoms. The molecule has 0 aliphatic heterocycles. The number of hydrogen-bond donors (Lipinski definition) is 0. The maximum atomic E-state index is 6.51. The van der Waals surface area contributed by atoms with Crippen molar-refractivity contribution in [2.75, 3.05) is 6.61 Å². The molecule has 0 aromatic heterocycles. The second-order valence-corrected chi connectivity index (χ2v) is 8.07. The summed E-state index contributed by atoms with van der Waals surface area (Å²) in [6, 6.07) is 0. The van der Waals surface area contributed by atoms with Crippen molar-refractivity contribution in [2.45, 2.75) is 98.4 Å². The summed E-state index contributed by atoms with van der Waals surface area (Å²) in [4.78, 5) is 0. The topological polar surface area (TPSA) is 18.5 Å². The van der Waals surface area contributed by atoms with Crippen molar-refractivity contribution in [2.24, 2.45) is 17.8 Å². The average molecular weight is 299 g/mol. The fourth-order valence-corrected chi connectivity index (χ4v) is 3.83.